The second kappa shape index (κ2) is 21.5. The summed E-state index contributed by atoms with van der Waals surface area (Å²) < 4.78 is 16.3. The molecular formula is C33H57ClN4O7. The summed E-state index contributed by atoms with van der Waals surface area (Å²) in [4.78, 5) is 42.5. The zero-order valence-corrected chi connectivity index (χ0v) is 28.9. The zero-order chi connectivity index (χ0) is 32.6. The Bertz CT molecular complexity index is 1020. The molecule has 1 saturated heterocycles. The van der Waals surface area contributed by atoms with Crippen LogP contribution in [0.1, 0.15) is 63.7 Å². The van der Waals surface area contributed by atoms with Crippen LogP contribution in [0.4, 0.5) is 0 Å². The monoisotopic (exact) mass is 656 g/mol. The third kappa shape index (κ3) is 13.9. The number of ether oxygens (including phenoxy) is 3. The molecule has 45 heavy (non-hydrogen) atoms. The molecule has 4 atom stereocenters. The Balaban J connectivity index is 0.0000101. The van der Waals surface area contributed by atoms with Gasteiger partial charge in [-0.15, -0.1) is 12.4 Å². The molecule has 0 bridgehead atoms. The smallest absolute Gasteiger partial charge is 0.255 e. The number of amides is 3. The highest BCUT2D eigenvalue weighted by molar-refractivity contribution is 5.97. The Morgan fingerprint density at radius 1 is 1.04 bits per heavy atom. The number of carbonyl (C=O) groups is 3. The van der Waals surface area contributed by atoms with E-state index in [9.17, 15) is 19.5 Å². The molecule has 1 heterocycles. The summed E-state index contributed by atoms with van der Waals surface area (Å²) in [7, 11) is 3.18. The number of hydrogen-bond donors (Lipinski definition) is 3. The van der Waals surface area contributed by atoms with Crippen LogP contribution in [0.5, 0.6) is 5.75 Å². The fourth-order valence-corrected chi connectivity index (χ4v) is 5.25. The van der Waals surface area contributed by atoms with Gasteiger partial charge in [0, 0.05) is 52.4 Å². The quantitative estimate of drug-likeness (QED) is 0.192. The van der Waals surface area contributed by atoms with Gasteiger partial charge in [-0.1, -0.05) is 39.8 Å². The van der Waals surface area contributed by atoms with Crippen LogP contribution >= 0.6 is 12.4 Å². The van der Waals surface area contributed by atoms with Crippen molar-refractivity contribution in [1.82, 2.24) is 15.1 Å². The van der Waals surface area contributed by atoms with Crippen LogP contribution in [0.3, 0.4) is 0 Å². The van der Waals surface area contributed by atoms with Crippen LogP contribution in [0, 0.1) is 23.7 Å². The number of nitrogens with two attached hydrogens (primary N) is 1. The van der Waals surface area contributed by atoms with Crippen LogP contribution in [0.25, 0.3) is 0 Å². The molecule has 1 aromatic rings. The van der Waals surface area contributed by atoms with E-state index in [0.29, 0.717) is 63.8 Å². The second-order valence-corrected chi connectivity index (χ2v) is 12.5. The number of morpholine rings is 1. The fourth-order valence-electron chi connectivity index (χ4n) is 5.25. The lowest BCUT2D eigenvalue weighted by Crippen LogP contribution is -2.48. The third-order valence-electron chi connectivity index (χ3n) is 8.45. The normalized spacial score (nSPS) is 16.4. The predicted octanol–water partition coefficient (Wildman–Crippen LogP) is 2.97. The summed E-state index contributed by atoms with van der Waals surface area (Å²) in [5.74, 6) is -0.736. The van der Waals surface area contributed by atoms with Crippen molar-refractivity contribution in [3.63, 3.8) is 0 Å². The van der Waals surface area contributed by atoms with Gasteiger partial charge in [-0.25, -0.2) is 0 Å². The van der Waals surface area contributed by atoms with Gasteiger partial charge >= 0.3 is 0 Å². The highest BCUT2D eigenvalue weighted by Gasteiger charge is 2.33. The molecule has 0 radical (unpaired) electrons. The summed E-state index contributed by atoms with van der Waals surface area (Å²) in [6, 6.07) is 6.57. The maximum atomic E-state index is 13.4. The van der Waals surface area contributed by atoms with Gasteiger partial charge in [0.2, 0.25) is 11.8 Å². The first-order valence-corrected chi connectivity index (χ1v) is 16.0. The van der Waals surface area contributed by atoms with E-state index in [2.05, 4.69) is 19.2 Å². The number of nitrogens with one attached hydrogen (secondary N) is 1. The van der Waals surface area contributed by atoms with Crippen LogP contribution in [-0.4, -0.2) is 112 Å². The standard InChI is InChI=1S/C33H56N4O7.ClH/c1-23(2)25(21-35-32(40)26-11-7-8-12-30(26)44-16-10-9-15-42-6)19-28(34)29(38)20-27(24(3)4)33(41)36(5)31(39)22-37-13-17-43-18-14-37;/h7-8,11-12,23-25,27-29,38H,9-10,13-22,34H2,1-6H3,(H,35,40);1H. The molecule has 4 unspecified atom stereocenters. The highest BCUT2D eigenvalue weighted by atomic mass is 35.5. The Kier molecular flexibility index (Phi) is 19.5. The van der Waals surface area contributed by atoms with Gasteiger partial charge in [0.15, 0.2) is 0 Å². The average molecular weight is 657 g/mol. The van der Waals surface area contributed by atoms with Crippen LogP contribution < -0.4 is 15.8 Å². The van der Waals surface area contributed by atoms with Crippen molar-refractivity contribution < 1.29 is 33.7 Å². The number of benzene rings is 1. The van der Waals surface area contributed by atoms with Crippen LogP contribution in [0.2, 0.25) is 0 Å². The zero-order valence-electron chi connectivity index (χ0n) is 28.0. The number of halogens is 1. The summed E-state index contributed by atoms with van der Waals surface area (Å²) >= 11 is 0. The molecule has 0 aliphatic carbocycles. The molecule has 2 rings (SSSR count). The summed E-state index contributed by atoms with van der Waals surface area (Å²) in [5.41, 5.74) is 6.96. The lowest BCUT2D eigenvalue weighted by atomic mass is 9.83. The number of methoxy groups -OCH3 is 1. The minimum Gasteiger partial charge on any atom is -0.493 e. The number of aliphatic hydroxyl groups excluding tert-OH is 1. The second-order valence-electron chi connectivity index (χ2n) is 12.5. The minimum absolute atomic E-state index is 0. The van der Waals surface area contributed by atoms with Gasteiger partial charge in [-0.3, -0.25) is 24.2 Å². The molecule has 1 aliphatic heterocycles. The van der Waals surface area contributed by atoms with E-state index in [1.165, 1.54) is 11.9 Å². The molecular weight excluding hydrogens is 600 g/mol. The Morgan fingerprint density at radius 2 is 1.69 bits per heavy atom. The summed E-state index contributed by atoms with van der Waals surface area (Å²) in [6.07, 6.45) is 1.37. The topological polar surface area (TPSA) is 144 Å². The third-order valence-corrected chi connectivity index (χ3v) is 8.45. The average Bonchev–Trinajstić information content (AvgIpc) is 3.00. The van der Waals surface area contributed by atoms with E-state index in [-0.39, 0.29) is 60.8 Å². The molecule has 258 valence electrons. The number of para-hydroxylation sites is 1. The first-order chi connectivity index (χ1) is 21.0. The minimum atomic E-state index is -0.946. The Labute approximate surface area is 275 Å². The molecule has 1 aliphatic rings. The van der Waals surface area contributed by atoms with Gasteiger partial charge < -0.3 is 30.4 Å². The van der Waals surface area contributed by atoms with E-state index in [1.54, 1.807) is 25.3 Å². The van der Waals surface area contributed by atoms with E-state index < -0.39 is 18.1 Å². The van der Waals surface area contributed by atoms with Gasteiger partial charge in [-0.2, -0.15) is 0 Å². The lowest BCUT2D eigenvalue weighted by molar-refractivity contribution is -0.148. The molecule has 1 aromatic carbocycles. The molecule has 0 spiro atoms. The van der Waals surface area contributed by atoms with E-state index in [4.69, 9.17) is 19.9 Å². The number of nitrogens with zero attached hydrogens (tertiary/aromatic N) is 2. The molecule has 0 aromatic heterocycles. The Hall–Kier alpha value is -2.28. The molecule has 4 N–H and O–H groups in total. The van der Waals surface area contributed by atoms with Crippen molar-refractivity contribution in [1.29, 1.82) is 0 Å². The maximum Gasteiger partial charge on any atom is 0.255 e. The van der Waals surface area contributed by atoms with Gasteiger partial charge in [0.1, 0.15) is 5.75 Å². The van der Waals surface area contributed by atoms with E-state index >= 15 is 0 Å². The lowest BCUT2D eigenvalue weighted by Gasteiger charge is -2.32. The summed E-state index contributed by atoms with van der Waals surface area (Å²) in [6.45, 7) is 12.1. The number of unbranched alkanes of at least 4 members (excludes halogenated alkanes) is 1. The molecule has 3 amide bonds. The number of rotatable bonds is 19. The maximum absolute atomic E-state index is 13.4. The van der Waals surface area contributed by atoms with Crippen molar-refractivity contribution in [3.8, 4) is 5.75 Å². The van der Waals surface area contributed by atoms with E-state index in [0.717, 1.165) is 12.8 Å². The van der Waals surface area contributed by atoms with Crippen molar-refractivity contribution >= 4 is 30.1 Å². The van der Waals surface area contributed by atoms with Gasteiger partial charge in [0.05, 0.1) is 38.0 Å². The van der Waals surface area contributed by atoms with Crippen molar-refractivity contribution in [2.75, 3.05) is 66.8 Å². The van der Waals surface area contributed by atoms with Crippen molar-refractivity contribution in [3.05, 3.63) is 29.8 Å². The Morgan fingerprint density at radius 3 is 2.31 bits per heavy atom. The van der Waals surface area contributed by atoms with Crippen molar-refractivity contribution in [2.45, 2.75) is 65.5 Å². The number of hydrogen-bond acceptors (Lipinski definition) is 9. The number of aliphatic hydroxyl groups is 1. The van der Waals surface area contributed by atoms with Gasteiger partial charge in [0.25, 0.3) is 5.91 Å². The number of imide groups is 1. The first kappa shape index (κ1) is 40.7. The molecule has 0 saturated carbocycles. The van der Waals surface area contributed by atoms with Crippen LogP contribution in [0.15, 0.2) is 24.3 Å². The van der Waals surface area contributed by atoms with Gasteiger partial charge in [-0.05, 0) is 55.6 Å². The number of likely N-dealkylation sites (N-methyl/N-ethyl adjacent to an activating group) is 1. The van der Waals surface area contributed by atoms with Crippen LogP contribution in [-0.2, 0) is 19.1 Å². The molecule has 12 heteroatoms. The van der Waals surface area contributed by atoms with Crippen molar-refractivity contribution in [2.24, 2.45) is 29.4 Å². The fraction of sp³-hybridized carbons (Fsp3) is 0.727. The molecule has 11 nitrogen and oxygen atoms in total. The van der Waals surface area contributed by atoms with E-state index in [1.807, 2.05) is 24.8 Å². The SMILES string of the molecule is COCCCCOc1ccccc1C(=O)NCC(CC(N)C(O)CC(C(=O)N(C)C(=O)CN1CCOCC1)C(C)C)C(C)C.Cl. The number of carbonyl (C=O) groups excluding carboxylic acids is 3. The largest absolute Gasteiger partial charge is 0.493 e. The molecule has 1 fully saturated rings. The highest BCUT2D eigenvalue weighted by Crippen LogP contribution is 2.25. The summed E-state index contributed by atoms with van der Waals surface area (Å²) in [5, 5.41) is 14.1. The first-order valence-electron chi connectivity index (χ1n) is 16.0. The predicted molar refractivity (Wildman–Crippen MR) is 178 cm³/mol.